The Kier molecular flexibility index (Phi) is 8.00. The molecule has 186 valence electrons. The summed E-state index contributed by atoms with van der Waals surface area (Å²) in [6, 6.07) is 12.2. The van der Waals surface area contributed by atoms with Crippen molar-refractivity contribution < 1.29 is 23.5 Å². The Morgan fingerprint density at radius 1 is 0.914 bits per heavy atom. The minimum atomic E-state index is -0.456. The number of hydrogen-bond acceptors (Lipinski definition) is 4. The Bertz CT molecular complexity index is 1060. The van der Waals surface area contributed by atoms with Crippen LogP contribution in [0.5, 0.6) is 5.75 Å². The molecule has 7 nitrogen and oxygen atoms in total. The van der Waals surface area contributed by atoms with Crippen LogP contribution in [0.15, 0.2) is 48.5 Å². The number of nitrogens with one attached hydrogen (secondary N) is 2. The van der Waals surface area contributed by atoms with E-state index in [1.807, 2.05) is 0 Å². The summed E-state index contributed by atoms with van der Waals surface area (Å²) in [6.07, 6.45) is 4.95. The molecular weight excluding hydrogens is 449 g/mol. The van der Waals surface area contributed by atoms with Gasteiger partial charge in [-0.1, -0.05) is 18.9 Å². The van der Waals surface area contributed by atoms with Gasteiger partial charge in [0.05, 0.1) is 13.0 Å². The first-order chi connectivity index (χ1) is 16.9. The van der Waals surface area contributed by atoms with Gasteiger partial charge in [-0.05, 0) is 68.1 Å². The minimum Gasteiger partial charge on any atom is -0.497 e. The molecule has 0 aromatic heterocycles. The van der Waals surface area contributed by atoms with E-state index >= 15 is 0 Å². The normalized spacial score (nSPS) is 22.2. The smallest absolute Gasteiger partial charge is 0.253 e. The van der Waals surface area contributed by atoms with E-state index in [0.29, 0.717) is 42.8 Å². The van der Waals surface area contributed by atoms with Crippen LogP contribution in [-0.2, 0) is 4.79 Å². The summed E-state index contributed by atoms with van der Waals surface area (Å²) >= 11 is 0. The molecule has 0 spiro atoms. The zero-order valence-corrected chi connectivity index (χ0v) is 20.0. The largest absolute Gasteiger partial charge is 0.497 e. The number of likely N-dealkylation sites (tertiary alicyclic amines) is 1. The Morgan fingerprint density at radius 2 is 1.63 bits per heavy atom. The van der Waals surface area contributed by atoms with Gasteiger partial charge < -0.3 is 20.3 Å². The lowest BCUT2D eigenvalue weighted by atomic mass is 9.88. The first-order valence-electron chi connectivity index (χ1n) is 12.2. The number of rotatable bonds is 6. The van der Waals surface area contributed by atoms with Crippen LogP contribution in [0.25, 0.3) is 0 Å². The van der Waals surface area contributed by atoms with Crippen molar-refractivity contribution in [2.75, 3.05) is 20.2 Å². The molecule has 2 fully saturated rings. The van der Waals surface area contributed by atoms with E-state index in [4.69, 9.17) is 4.74 Å². The fourth-order valence-corrected chi connectivity index (χ4v) is 4.95. The Morgan fingerprint density at radius 3 is 2.31 bits per heavy atom. The molecule has 2 N–H and O–H groups in total. The van der Waals surface area contributed by atoms with E-state index in [9.17, 15) is 18.8 Å². The van der Waals surface area contributed by atoms with Crippen molar-refractivity contribution >= 4 is 17.7 Å². The average Bonchev–Trinajstić information content (AvgIpc) is 2.89. The standard InChI is InChI=1S/C27H32FN3O4/c1-35-22-13-11-18(12-14-22)25(32)29-23-9-2-3-10-24(23)30-26(33)20-7-5-15-31(17-20)27(34)19-6-4-8-21(28)16-19/h4,6,8,11-14,16,20,23-24H,2-3,5,7,9-10,15,17H2,1H3,(H,29,32)(H,30,33)/t20-,23+,24+/m0/s1. The molecule has 3 amide bonds. The Balaban J connectivity index is 1.36. The molecule has 2 aromatic rings. The topological polar surface area (TPSA) is 87.7 Å². The molecule has 3 atom stereocenters. The highest BCUT2D eigenvalue weighted by Gasteiger charge is 2.33. The Hall–Kier alpha value is -3.42. The lowest BCUT2D eigenvalue weighted by molar-refractivity contribution is -0.127. The number of benzene rings is 2. The summed E-state index contributed by atoms with van der Waals surface area (Å²) in [5.74, 6) is -0.643. The first-order valence-corrected chi connectivity index (χ1v) is 12.2. The molecule has 1 saturated heterocycles. The molecule has 8 heteroatoms. The van der Waals surface area contributed by atoms with E-state index in [1.54, 1.807) is 42.3 Å². The molecule has 0 radical (unpaired) electrons. The fourth-order valence-electron chi connectivity index (χ4n) is 4.95. The third kappa shape index (κ3) is 6.18. The van der Waals surface area contributed by atoms with Gasteiger partial charge in [0.25, 0.3) is 11.8 Å². The van der Waals surface area contributed by atoms with Crippen molar-refractivity contribution in [3.05, 3.63) is 65.5 Å². The summed E-state index contributed by atoms with van der Waals surface area (Å²) in [4.78, 5) is 40.4. The van der Waals surface area contributed by atoms with Crippen LogP contribution in [0.1, 0.15) is 59.2 Å². The second-order valence-corrected chi connectivity index (χ2v) is 9.31. The van der Waals surface area contributed by atoms with Crippen LogP contribution < -0.4 is 15.4 Å². The van der Waals surface area contributed by atoms with Crippen LogP contribution in [0.3, 0.4) is 0 Å². The van der Waals surface area contributed by atoms with Gasteiger partial charge >= 0.3 is 0 Å². The molecule has 35 heavy (non-hydrogen) atoms. The van der Waals surface area contributed by atoms with Crippen molar-refractivity contribution in [1.82, 2.24) is 15.5 Å². The Labute approximate surface area is 205 Å². The van der Waals surface area contributed by atoms with Gasteiger partial charge in [-0.3, -0.25) is 14.4 Å². The van der Waals surface area contributed by atoms with Crippen LogP contribution in [0.4, 0.5) is 4.39 Å². The van der Waals surface area contributed by atoms with Gasteiger partial charge in [-0.15, -0.1) is 0 Å². The number of piperidine rings is 1. The van der Waals surface area contributed by atoms with E-state index in [1.165, 1.54) is 18.2 Å². The lowest BCUT2D eigenvalue weighted by Crippen LogP contribution is -2.55. The van der Waals surface area contributed by atoms with Crippen LogP contribution in [-0.4, -0.2) is 54.9 Å². The molecule has 0 unspecified atom stereocenters. The average molecular weight is 482 g/mol. The minimum absolute atomic E-state index is 0.0997. The highest BCUT2D eigenvalue weighted by molar-refractivity contribution is 5.95. The van der Waals surface area contributed by atoms with Gasteiger partial charge in [0.15, 0.2) is 0 Å². The number of nitrogens with zero attached hydrogens (tertiary/aromatic N) is 1. The van der Waals surface area contributed by atoms with Crippen molar-refractivity contribution in [3.8, 4) is 5.75 Å². The van der Waals surface area contributed by atoms with Crippen molar-refractivity contribution in [1.29, 1.82) is 0 Å². The second kappa shape index (κ2) is 11.3. The van der Waals surface area contributed by atoms with Crippen LogP contribution >= 0.6 is 0 Å². The number of ether oxygens (including phenoxy) is 1. The van der Waals surface area contributed by atoms with Crippen LogP contribution in [0.2, 0.25) is 0 Å². The number of carbonyl (C=O) groups excluding carboxylic acids is 3. The summed E-state index contributed by atoms with van der Waals surface area (Å²) in [6.45, 7) is 0.847. The van der Waals surface area contributed by atoms with Crippen molar-refractivity contribution in [2.45, 2.75) is 50.6 Å². The fraction of sp³-hybridized carbons (Fsp3) is 0.444. The maximum absolute atomic E-state index is 13.6. The maximum Gasteiger partial charge on any atom is 0.253 e. The number of carbonyl (C=O) groups is 3. The zero-order chi connectivity index (χ0) is 24.8. The van der Waals surface area contributed by atoms with E-state index in [2.05, 4.69) is 10.6 Å². The van der Waals surface area contributed by atoms with E-state index in [0.717, 1.165) is 25.7 Å². The molecule has 1 aliphatic heterocycles. The highest BCUT2D eigenvalue weighted by Crippen LogP contribution is 2.23. The zero-order valence-electron chi connectivity index (χ0n) is 20.0. The first kappa shape index (κ1) is 24.7. The van der Waals surface area contributed by atoms with Gasteiger partial charge in [0.1, 0.15) is 11.6 Å². The molecule has 2 aliphatic rings. The number of methoxy groups -OCH3 is 1. The molecular formula is C27H32FN3O4. The summed E-state index contributed by atoms with van der Waals surface area (Å²) in [7, 11) is 1.58. The summed E-state index contributed by atoms with van der Waals surface area (Å²) in [5, 5.41) is 6.24. The quantitative estimate of drug-likeness (QED) is 0.661. The summed E-state index contributed by atoms with van der Waals surface area (Å²) in [5.41, 5.74) is 0.833. The van der Waals surface area contributed by atoms with Gasteiger partial charge in [-0.2, -0.15) is 0 Å². The third-order valence-electron chi connectivity index (χ3n) is 6.91. The van der Waals surface area contributed by atoms with Crippen molar-refractivity contribution in [3.63, 3.8) is 0 Å². The third-order valence-corrected chi connectivity index (χ3v) is 6.91. The van der Waals surface area contributed by atoms with Crippen molar-refractivity contribution in [2.24, 2.45) is 5.92 Å². The maximum atomic E-state index is 13.6. The number of hydrogen-bond donors (Lipinski definition) is 2. The molecule has 1 heterocycles. The van der Waals surface area contributed by atoms with Gasteiger partial charge in [0, 0.05) is 36.3 Å². The predicted octanol–water partition coefficient (Wildman–Crippen LogP) is 3.54. The molecule has 0 bridgehead atoms. The SMILES string of the molecule is COc1ccc(C(=O)N[C@@H]2CCCC[C@H]2NC(=O)[C@H]2CCCN(C(=O)c3cccc(F)c3)C2)cc1. The molecule has 1 saturated carbocycles. The molecule has 1 aliphatic carbocycles. The highest BCUT2D eigenvalue weighted by atomic mass is 19.1. The predicted molar refractivity (Wildman–Crippen MR) is 130 cm³/mol. The molecule has 4 rings (SSSR count). The number of amides is 3. The second-order valence-electron chi connectivity index (χ2n) is 9.31. The van der Waals surface area contributed by atoms with Gasteiger partial charge in [0.2, 0.25) is 5.91 Å². The van der Waals surface area contributed by atoms with Gasteiger partial charge in [-0.25, -0.2) is 4.39 Å². The van der Waals surface area contributed by atoms with Crippen LogP contribution in [0, 0.1) is 11.7 Å². The van der Waals surface area contributed by atoms with E-state index < -0.39 is 5.82 Å². The summed E-state index contributed by atoms with van der Waals surface area (Å²) < 4.78 is 18.7. The molecule has 2 aromatic carbocycles. The lowest BCUT2D eigenvalue weighted by Gasteiger charge is -2.36. The number of halogens is 1. The monoisotopic (exact) mass is 481 g/mol. The van der Waals surface area contributed by atoms with E-state index in [-0.39, 0.29) is 35.7 Å².